The maximum Gasteiger partial charge on any atom is 0.193 e. The first kappa shape index (κ1) is 23.5. The van der Waals surface area contributed by atoms with E-state index in [0.29, 0.717) is 12.5 Å². The second-order valence-corrected chi connectivity index (χ2v) is 7.23. The first-order valence-corrected chi connectivity index (χ1v) is 10.00. The number of likely N-dealkylation sites (N-methyl/N-ethyl adjacent to an activating group) is 1. The van der Waals surface area contributed by atoms with E-state index in [-0.39, 0.29) is 24.0 Å². The van der Waals surface area contributed by atoms with E-state index in [9.17, 15) is 0 Å². The van der Waals surface area contributed by atoms with Gasteiger partial charge in [0.1, 0.15) is 18.1 Å². The Balaban J connectivity index is 0.00000300. The second kappa shape index (κ2) is 12.7. The number of hydrogen-bond acceptors (Lipinski definition) is 4. The van der Waals surface area contributed by atoms with Gasteiger partial charge in [-0.2, -0.15) is 0 Å². The molecule has 1 saturated heterocycles. The summed E-state index contributed by atoms with van der Waals surface area (Å²) in [7, 11) is 2.04. The summed E-state index contributed by atoms with van der Waals surface area (Å²) < 4.78 is 16.7. The van der Waals surface area contributed by atoms with E-state index < -0.39 is 0 Å². The first-order valence-electron chi connectivity index (χ1n) is 10.00. The van der Waals surface area contributed by atoms with Gasteiger partial charge in [-0.25, -0.2) is 0 Å². The highest BCUT2D eigenvalue weighted by atomic mass is 127. The van der Waals surface area contributed by atoms with Crippen molar-refractivity contribution in [2.45, 2.75) is 19.8 Å². The van der Waals surface area contributed by atoms with Crippen LogP contribution in [-0.2, 0) is 11.2 Å². The number of benzene rings is 1. The third-order valence-electron chi connectivity index (χ3n) is 4.84. The van der Waals surface area contributed by atoms with Gasteiger partial charge < -0.3 is 24.1 Å². The van der Waals surface area contributed by atoms with Gasteiger partial charge in [-0.05, 0) is 37.6 Å². The predicted molar refractivity (Wildman–Crippen MR) is 126 cm³/mol. The van der Waals surface area contributed by atoms with Crippen LogP contribution in [-0.4, -0.2) is 57.4 Å². The van der Waals surface area contributed by atoms with Crippen LogP contribution in [0.4, 0.5) is 0 Å². The molecule has 1 unspecified atom stereocenters. The van der Waals surface area contributed by atoms with Crippen molar-refractivity contribution in [3.63, 3.8) is 0 Å². The van der Waals surface area contributed by atoms with Crippen LogP contribution in [0.1, 0.15) is 17.7 Å². The fourth-order valence-electron chi connectivity index (χ4n) is 3.05. The van der Waals surface area contributed by atoms with E-state index >= 15 is 0 Å². The number of halogens is 1. The van der Waals surface area contributed by atoms with E-state index in [2.05, 4.69) is 29.3 Å². The minimum atomic E-state index is 0. The van der Waals surface area contributed by atoms with E-state index in [1.807, 2.05) is 31.3 Å². The molecule has 2 heterocycles. The number of hydrogen-bond donors (Lipinski definition) is 1. The van der Waals surface area contributed by atoms with E-state index in [1.165, 1.54) is 5.56 Å². The molecule has 0 amide bonds. The molecule has 2 aromatic rings. The average Bonchev–Trinajstić information content (AvgIpc) is 3.40. The molecule has 0 spiro atoms. The lowest BCUT2D eigenvalue weighted by molar-refractivity contribution is 0.187. The maximum atomic E-state index is 5.86. The van der Waals surface area contributed by atoms with Crippen molar-refractivity contribution in [3.05, 3.63) is 54.0 Å². The number of nitrogens with one attached hydrogen (secondary N) is 1. The molecular weight excluding hydrogens is 481 g/mol. The standard InChI is InChI=1S/C22H31N3O3.HI/c1-18-5-7-21(8-6-18)28-15-12-25(2)22(24-16-19-10-14-26-17-19)23-11-9-20-4-3-13-27-20;/h3-8,13,19H,9-12,14-17H2,1-2H3,(H,23,24);1H. The number of nitrogens with zero attached hydrogens (tertiary/aromatic N) is 2. The predicted octanol–water partition coefficient (Wildman–Crippen LogP) is 3.74. The molecule has 1 aromatic carbocycles. The zero-order valence-corrected chi connectivity index (χ0v) is 19.6. The van der Waals surface area contributed by atoms with Crippen molar-refractivity contribution in [1.82, 2.24) is 10.2 Å². The van der Waals surface area contributed by atoms with Gasteiger partial charge in [0, 0.05) is 39.1 Å². The van der Waals surface area contributed by atoms with Crippen LogP contribution in [0.25, 0.3) is 0 Å². The summed E-state index contributed by atoms with van der Waals surface area (Å²) in [6.45, 7) is 6.64. The number of ether oxygens (including phenoxy) is 2. The molecule has 3 rings (SSSR count). The largest absolute Gasteiger partial charge is 0.492 e. The molecular formula is C22H32IN3O3. The van der Waals surface area contributed by atoms with Crippen molar-refractivity contribution < 1.29 is 13.9 Å². The van der Waals surface area contributed by atoms with Gasteiger partial charge in [-0.1, -0.05) is 17.7 Å². The maximum absolute atomic E-state index is 5.86. The molecule has 6 nitrogen and oxygen atoms in total. The molecule has 1 atom stereocenters. The molecule has 0 saturated carbocycles. The lowest BCUT2D eigenvalue weighted by Gasteiger charge is -2.23. The van der Waals surface area contributed by atoms with Crippen molar-refractivity contribution in [2.75, 3.05) is 46.5 Å². The van der Waals surface area contributed by atoms with Crippen LogP contribution in [0.3, 0.4) is 0 Å². The van der Waals surface area contributed by atoms with Gasteiger partial charge in [0.2, 0.25) is 0 Å². The lowest BCUT2D eigenvalue weighted by Crippen LogP contribution is -2.42. The fourth-order valence-corrected chi connectivity index (χ4v) is 3.05. The van der Waals surface area contributed by atoms with E-state index in [1.54, 1.807) is 6.26 Å². The third kappa shape index (κ3) is 8.26. The Morgan fingerprint density at radius 2 is 2.10 bits per heavy atom. The van der Waals surface area contributed by atoms with Gasteiger partial charge in [-0.3, -0.25) is 4.99 Å². The Morgan fingerprint density at radius 1 is 1.28 bits per heavy atom. The Bertz CT molecular complexity index is 713. The molecule has 160 valence electrons. The zero-order valence-electron chi connectivity index (χ0n) is 17.3. The summed E-state index contributed by atoms with van der Waals surface area (Å²) >= 11 is 0. The highest BCUT2D eigenvalue weighted by Crippen LogP contribution is 2.13. The molecule has 0 bridgehead atoms. The van der Waals surface area contributed by atoms with Gasteiger partial charge in [0.25, 0.3) is 0 Å². The van der Waals surface area contributed by atoms with Crippen molar-refractivity contribution in [1.29, 1.82) is 0 Å². The number of rotatable bonds is 9. The highest BCUT2D eigenvalue weighted by Gasteiger charge is 2.16. The molecule has 0 radical (unpaired) electrons. The Kier molecular flexibility index (Phi) is 10.3. The summed E-state index contributed by atoms with van der Waals surface area (Å²) in [5.41, 5.74) is 1.23. The summed E-state index contributed by atoms with van der Waals surface area (Å²) in [5, 5.41) is 3.46. The lowest BCUT2D eigenvalue weighted by atomic mass is 10.1. The summed E-state index contributed by atoms with van der Waals surface area (Å²) in [6, 6.07) is 12.0. The summed E-state index contributed by atoms with van der Waals surface area (Å²) in [6.07, 6.45) is 3.62. The van der Waals surface area contributed by atoms with Crippen LogP contribution < -0.4 is 10.1 Å². The van der Waals surface area contributed by atoms with Gasteiger partial charge in [0.15, 0.2) is 5.96 Å². The van der Waals surface area contributed by atoms with Crippen LogP contribution in [0, 0.1) is 12.8 Å². The molecule has 1 aromatic heterocycles. The van der Waals surface area contributed by atoms with Crippen molar-refractivity contribution >= 4 is 29.9 Å². The number of guanidine groups is 1. The van der Waals surface area contributed by atoms with Crippen molar-refractivity contribution in [2.24, 2.45) is 10.9 Å². The second-order valence-electron chi connectivity index (χ2n) is 7.23. The number of aliphatic imine (C=N–C) groups is 1. The highest BCUT2D eigenvalue weighted by molar-refractivity contribution is 14.0. The minimum Gasteiger partial charge on any atom is -0.492 e. The van der Waals surface area contributed by atoms with Gasteiger partial charge in [-0.15, -0.1) is 24.0 Å². The molecule has 0 aliphatic carbocycles. The number of furan rings is 1. The topological polar surface area (TPSA) is 59.2 Å². The molecule has 1 N–H and O–H groups in total. The molecule has 1 aliphatic rings. The quantitative estimate of drug-likeness (QED) is 0.315. The summed E-state index contributed by atoms with van der Waals surface area (Å²) in [4.78, 5) is 6.94. The van der Waals surface area contributed by atoms with E-state index in [0.717, 1.165) is 63.2 Å². The first-order chi connectivity index (χ1) is 13.7. The Labute approximate surface area is 190 Å². The van der Waals surface area contributed by atoms with Gasteiger partial charge >= 0.3 is 0 Å². The minimum absolute atomic E-state index is 0. The van der Waals surface area contributed by atoms with Crippen LogP contribution in [0.2, 0.25) is 0 Å². The molecule has 1 fully saturated rings. The third-order valence-corrected chi connectivity index (χ3v) is 4.84. The van der Waals surface area contributed by atoms with Crippen LogP contribution >= 0.6 is 24.0 Å². The molecule has 29 heavy (non-hydrogen) atoms. The van der Waals surface area contributed by atoms with Crippen LogP contribution in [0.15, 0.2) is 52.1 Å². The van der Waals surface area contributed by atoms with Gasteiger partial charge in [0.05, 0.1) is 19.4 Å². The number of aryl methyl sites for hydroxylation is 1. The van der Waals surface area contributed by atoms with Crippen molar-refractivity contribution in [3.8, 4) is 5.75 Å². The Morgan fingerprint density at radius 3 is 2.79 bits per heavy atom. The molecule has 1 aliphatic heterocycles. The monoisotopic (exact) mass is 513 g/mol. The SMILES string of the molecule is Cc1ccc(OCCN(C)C(=NCC2CCOC2)NCCc2ccco2)cc1.I. The summed E-state index contributed by atoms with van der Waals surface area (Å²) in [5.74, 6) is 3.28. The molecule has 7 heteroatoms. The smallest absolute Gasteiger partial charge is 0.193 e. The normalized spacial score (nSPS) is 16.3. The average molecular weight is 513 g/mol. The zero-order chi connectivity index (χ0) is 19.6. The van der Waals surface area contributed by atoms with E-state index in [4.69, 9.17) is 18.9 Å². The Hall–Kier alpha value is -1.74. The van der Waals surface area contributed by atoms with Crippen LogP contribution in [0.5, 0.6) is 5.75 Å². The fraction of sp³-hybridized carbons (Fsp3) is 0.500.